The van der Waals surface area contributed by atoms with Gasteiger partial charge in [-0.25, -0.2) is 4.79 Å². The van der Waals surface area contributed by atoms with Gasteiger partial charge in [-0.05, 0) is 50.9 Å². The molecule has 3 aromatic heterocycles. The molecule has 43 heavy (non-hydrogen) atoms. The summed E-state index contributed by atoms with van der Waals surface area (Å²) in [5, 5.41) is 29.2. The van der Waals surface area contributed by atoms with Crippen LogP contribution >= 0.6 is 0 Å². The first-order valence-corrected chi connectivity index (χ1v) is 15.5. The lowest BCUT2D eigenvalue weighted by molar-refractivity contribution is -0.0499. The summed E-state index contributed by atoms with van der Waals surface area (Å²) in [6, 6.07) is 16.9. The van der Waals surface area contributed by atoms with E-state index in [2.05, 4.69) is 43.3 Å². The lowest BCUT2D eigenvalue weighted by Gasteiger charge is -2.36. The first-order chi connectivity index (χ1) is 21.0. The fourth-order valence-corrected chi connectivity index (χ4v) is 8.35. The average molecular weight is 578 g/mol. The van der Waals surface area contributed by atoms with E-state index >= 15 is 0 Å². The number of hydrogen-bond donors (Lipinski definition) is 3. The minimum atomic E-state index is -1.36. The molecule has 3 aliphatic rings. The van der Waals surface area contributed by atoms with Crippen LogP contribution in [0, 0.1) is 0 Å². The summed E-state index contributed by atoms with van der Waals surface area (Å²) in [6.45, 7) is 4.12. The highest BCUT2D eigenvalue weighted by Crippen LogP contribution is 2.48. The normalized spacial score (nSPS) is 21.7. The van der Waals surface area contributed by atoms with E-state index in [1.54, 1.807) is 4.90 Å². The zero-order valence-corrected chi connectivity index (χ0v) is 24.1. The molecule has 0 saturated carbocycles. The van der Waals surface area contributed by atoms with Crippen LogP contribution in [0.1, 0.15) is 25.7 Å². The van der Waals surface area contributed by atoms with E-state index in [9.17, 15) is 15.0 Å². The Bertz CT molecular complexity index is 2070. The van der Waals surface area contributed by atoms with Gasteiger partial charge in [-0.2, -0.15) is 0 Å². The maximum Gasteiger partial charge on any atom is 0.409 e. The molecule has 1 unspecified atom stereocenters. The molecule has 2 saturated heterocycles. The molecule has 0 spiro atoms. The first-order valence-electron chi connectivity index (χ1n) is 15.5. The van der Waals surface area contributed by atoms with Gasteiger partial charge in [-0.1, -0.05) is 36.4 Å². The molecule has 3 aliphatic heterocycles. The Morgan fingerprint density at radius 1 is 0.837 bits per heavy atom. The maximum atomic E-state index is 13.3. The minimum Gasteiger partial charge on any atom is -0.494 e. The number of aromatic nitrogens is 3. The van der Waals surface area contributed by atoms with Gasteiger partial charge in [0.2, 0.25) is 0 Å². The van der Waals surface area contributed by atoms with E-state index in [0.717, 1.165) is 67.2 Å². The second-order valence-electron chi connectivity index (χ2n) is 12.8. The molecule has 3 N–H and O–H groups in total. The number of fused-ring (bicyclic) bond motifs is 9. The number of hydrogen-bond acceptors (Lipinski definition) is 5. The Morgan fingerprint density at radius 3 is 2.12 bits per heavy atom. The molecule has 9 heteroatoms. The standard InChI is InChI=1S/C34H35N5O4/c40-32-29-24(17-35-32)27-22-7-1-3-9-25(22)38-18-34(42,19-39-26-10-4-2-8-23(26)28(29)31(39)30(27)38)20-43-33(41)37-15-11-21(12-16-37)36-13-5-6-14-36/h1-4,7-10,17,21,35,40,42H,5-6,11-16,18-20H2. The Morgan fingerprint density at radius 2 is 1.44 bits per heavy atom. The fraction of sp³-hybridized carbons (Fsp3) is 0.382. The SMILES string of the molecule is O=C(OCC1(O)Cn2c3ccccc3c3c4c[nH]c(O)c4c4c5ccccc5n(c4c32)C1)N1CCC(N2CCCC2)CC1. The molecular weight excluding hydrogens is 542 g/mol. The summed E-state index contributed by atoms with van der Waals surface area (Å²) >= 11 is 0. The molecule has 6 aromatic rings. The van der Waals surface area contributed by atoms with E-state index in [1.807, 2.05) is 30.5 Å². The van der Waals surface area contributed by atoms with Gasteiger partial charge in [0.05, 0.1) is 29.5 Å². The molecule has 9 nitrogen and oxygen atoms in total. The summed E-state index contributed by atoms with van der Waals surface area (Å²) < 4.78 is 10.3. The number of carbonyl (C=O) groups is 1. The van der Waals surface area contributed by atoms with Crippen LogP contribution in [-0.4, -0.2) is 84.7 Å². The summed E-state index contributed by atoms with van der Waals surface area (Å²) in [5.41, 5.74) is 2.61. The van der Waals surface area contributed by atoms with Crippen molar-refractivity contribution in [1.82, 2.24) is 23.9 Å². The molecule has 1 amide bonds. The van der Waals surface area contributed by atoms with E-state index in [-0.39, 0.29) is 31.7 Å². The van der Waals surface area contributed by atoms with Crippen LogP contribution in [0.4, 0.5) is 4.79 Å². The fourth-order valence-electron chi connectivity index (χ4n) is 8.35. The molecule has 1 atom stereocenters. The third-order valence-electron chi connectivity index (χ3n) is 10.3. The second-order valence-corrected chi connectivity index (χ2v) is 12.8. The largest absolute Gasteiger partial charge is 0.494 e. The quantitative estimate of drug-likeness (QED) is 0.257. The van der Waals surface area contributed by atoms with Crippen LogP contribution in [0.2, 0.25) is 0 Å². The van der Waals surface area contributed by atoms with Gasteiger partial charge in [0.1, 0.15) is 12.2 Å². The number of likely N-dealkylation sites (tertiary alicyclic amines) is 2. The maximum absolute atomic E-state index is 13.3. The van der Waals surface area contributed by atoms with Gasteiger partial charge in [0, 0.05) is 63.3 Å². The van der Waals surface area contributed by atoms with Crippen LogP contribution in [0.15, 0.2) is 54.7 Å². The number of nitrogens with zero attached hydrogens (tertiary/aromatic N) is 4. The van der Waals surface area contributed by atoms with Crippen molar-refractivity contribution in [3.8, 4) is 5.88 Å². The molecule has 0 radical (unpaired) electrons. The lowest BCUT2D eigenvalue weighted by Crippen LogP contribution is -2.48. The monoisotopic (exact) mass is 577 g/mol. The zero-order chi connectivity index (χ0) is 28.9. The van der Waals surface area contributed by atoms with E-state index < -0.39 is 5.60 Å². The van der Waals surface area contributed by atoms with Gasteiger partial charge in [-0.3, -0.25) is 0 Å². The topological polar surface area (TPSA) is 98.9 Å². The molecule has 3 aromatic carbocycles. The van der Waals surface area contributed by atoms with Crippen molar-refractivity contribution in [1.29, 1.82) is 0 Å². The predicted molar refractivity (Wildman–Crippen MR) is 168 cm³/mol. The number of para-hydroxylation sites is 2. The predicted octanol–water partition coefficient (Wildman–Crippen LogP) is 5.53. The molecule has 6 heterocycles. The van der Waals surface area contributed by atoms with Crippen molar-refractivity contribution in [3.05, 3.63) is 54.7 Å². The van der Waals surface area contributed by atoms with E-state index in [0.29, 0.717) is 19.1 Å². The summed E-state index contributed by atoms with van der Waals surface area (Å²) in [7, 11) is 0. The first kappa shape index (κ1) is 25.3. The number of amides is 1. The van der Waals surface area contributed by atoms with Gasteiger partial charge in [-0.15, -0.1) is 0 Å². The highest BCUT2D eigenvalue weighted by molar-refractivity contribution is 6.36. The van der Waals surface area contributed by atoms with Gasteiger partial charge in [0.25, 0.3) is 0 Å². The molecule has 220 valence electrons. The average Bonchev–Trinajstić information content (AvgIpc) is 3.81. The number of aromatic hydroxyl groups is 1. The van der Waals surface area contributed by atoms with Crippen molar-refractivity contribution in [2.24, 2.45) is 0 Å². The van der Waals surface area contributed by atoms with Crippen molar-refractivity contribution in [2.75, 3.05) is 32.8 Å². The number of aliphatic hydroxyl groups is 1. The number of nitrogens with one attached hydrogen (secondary N) is 1. The minimum absolute atomic E-state index is 0.112. The Balaban J connectivity index is 1.13. The molecule has 0 bridgehead atoms. The van der Waals surface area contributed by atoms with Crippen LogP contribution < -0.4 is 0 Å². The molecular formula is C34H35N5O4. The van der Waals surface area contributed by atoms with Crippen molar-refractivity contribution < 1.29 is 19.7 Å². The van der Waals surface area contributed by atoms with Crippen molar-refractivity contribution in [2.45, 2.75) is 50.4 Å². The number of carbonyl (C=O) groups excluding carboxylic acids is 1. The lowest BCUT2D eigenvalue weighted by atomic mass is 10.0. The van der Waals surface area contributed by atoms with Crippen molar-refractivity contribution in [3.63, 3.8) is 0 Å². The van der Waals surface area contributed by atoms with Gasteiger partial charge < -0.3 is 38.9 Å². The number of aromatic amines is 1. The van der Waals surface area contributed by atoms with Gasteiger partial charge in [0.15, 0.2) is 5.88 Å². The summed E-state index contributed by atoms with van der Waals surface area (Å²) in [6.07, 6.45) is 6.01. The van der Waals surface area contributed by atoms with Crippen LogP contribution in [-0.2, 0) is 17.8 Å². The van der Waals surface area contributed by atoms with Crippen LogP contribution in [0.25, 0.3) is 54.4 Å². The summed E-state index contributed by atoms with van der Waals surface area (Å²) in [5.74, 6) is 0.138. The Kier molecular flexibility index (Phi) is 5.38. The zero-order valence-electron chi connectivity index (χ0n) is 24.1. The number of H-pyrrole nitrogens is 1. The number of benzene rings is 3. The second kappa shape index (κ2) is 9.14. The summed E-state index contributed by atoms with van der Waals surface area (Å²) in [4.78, 5) is 20.8. The van der Waals surface area contributed by atoms with Crippen molar-refractivity contribution >= 4 is 60.5 Å². The third kappa shape index (κ3) is 3.61. The number of ether oxygens (including phenoxy) is 1. The number of piperidine rings is 1. The number of rotatable bonds is 3. The van der Waals surface area contributed by atoms with Gasteiger partial charge >= 0.3 is 6.09 Å². The molecule has 9 rings (SSSR count). The Labute approximate surface area is 247 Å². The smallest absolute Gasteiger partial charge is 0.409 e. The molecule has 2 fully saturated rings. The van der Waals surface area contributed by atoms with E-state index in [4.69, 9.17) is 4.74 Å². The highest BCUT2D eigenvalue weighted by atomic mass is 16.6. The third-order valence-corrected chi connectivity index (χ3v) is 10.3. The van der Waals surface area contributed by atoms with E-state index in [1.165, 1.54) is 25.9 Å². The molecule has 0 aliphatic carbocycles. The Hall–Kier alpha value is -4.21. The van der Waals surface area contributed by atoms with Crippen LogP contribution in [0.3, 0.4) is 0 Å². The van der Waals surface area contributed by atoms with Crippen LogP contribution in [0.5, 0.6) is 5.88 Å². The highest BCUT2D eigenvalue weighted by Gasteiger charge is 2.38.